The first-order chi connectivity index (χ1) is 15.3. The fraction of sp³-hybridized carbons (Fsp3) is 0.375. The van der Waals surface area contributed by atoms with Crippen LogP contribution in [0.2, 0.25) is 10.0 Å². The lowest BCUT2D eigenvalue weighted by Crippen LogP contribution is -2.39. The van der Waals surface area contributed by atoms with E-state index in [2.05, 4.69) is 10.00 Å². The molecule has 2 heterocycles. The first kappa shape index (κ1) is 21.7. The van der Waals surface area contributed by atoms with Gasteiger partial charge in [-0.3, -0.25) is 4.90 Å². The topological polar surface area (TPSA) is 50.5 Å². The Morgan fingerprint density at radius 2 is 1.97 bits per heavy atom. The number of aromatic nitrogens is 2. The average Bonchev–Trinajstić information content (AvgIpc) is 3.41. The zero-order valence-electron chi connectivity index (χ0n) is 17.9. The molecule has 0 radical (unpaired) electrons. The Balaban J connectivity index is 1.49. The Bertz CT molecular complexity index is 1180. The van der Waals surface area contributed by atoms with Crippen LogP contribution in [-0.4, -0.2) is 45.0 Å². The van der Waals surface area contributed by atoms with Crippen LogP contribution in [-0.2, 0) is 6.42 Å². The van der Waals surface area contributed by atoms with E-state index in [4.69, 9.17) is 27.9 Å². The molecule has 5 rings (SSSR count). The quantitative estimate of drug-likeness (QED) is 0.573. The summed E-state index contributed by atoms with van der Waals surface area (Å²) in [5.41, 5.74) is 4.27. The van der Waals surface area contributed by atoms with Gasteiger partial charge in [0.05, 0.1) is 23.5 Å². The van der Waals surface area contributed by atoms with Crippen molar-refractivity contribution >= 4 is 23.2 Å². The minimum absolute atomic E-state index is 0.0618. The van der Waals surface area contributed by atoms with Crippen LogP contribution in [0.1, 0.15) is 35.0 Å². The van der Waals surface area contributed by atoms with Gasteiger partial charge in [-0.15, -0.1) is 0 Å². The molecule has 1 saturated heterocycles. The highest BCUT2D eigenvalue weighted by atomic mass is 35.5. The predicted molar refractivity (Wildman–Crippen MR) is 123 cm³/mol. The van der Waals surface area contributed by atoms with E-state index in [1.807, 2.05) is 26.0 Å². The number of fused-ring (bicyclic) bond motifs is 1. The van der Waals surface area contributed by atoms with Crippen LogP contribution in [0.15, 0.2) is 36.4 Å². The monoisotopic (exact) mass is 475 g/mol. The van der Waals surface area contributed by atoms with Crippen molar-refractivity contribution in [2.75, 3.05) is 13.1 Å². The van der Waals surface area contributed by atoms with Crippen LogP contribution in [0, 0.1) is 19.7 Å². The van der Waals surface area contributed by atoms with E-state index in [1.165, 1.54) is 6.07 Å². The lowest BCUT2D eigenvalue weighted by Gasteiger charge is -2.30. The summed E-state index contributed by atoms with van der Waals surface area (Å²) in [7, 11) is 0. The van der Waals surface area contributed by atoms with Gasteiger partial charge < -0.3 is 9.84 Å². The second-order valence-electron chi connectivity index (χ2n) is 8.66. The Morgan fingerprint density at radius 1 is 1.16 bits per heavy atom. The SMILES string of the molecule is Cc1cc(C)n(-c2ccc(O[C@@H]3c4cc(Cl)cc(Cl)c4C[C@@H]3N3CC[C@@H](O)C3)c(F)c2)n1. The normalized spacial score (nSPS) is 23.0. The number of aliphatic hydroxyl groups excluding tert-OH is 1. The summed E-state index contributed by atoms with van der Waals surface area (Å²) >= 11 is 12.8. The summed E-state index contributed by atoms with van der Waals surface area (Å²) in [6, 6.07) is 10.3. The minimum Gasteiger partial charge on any atom is -0.481 e. The number of β-amino-alcohol motifs (C(OH)–C–C–N with tert-alkyl or cyclic N) is 1. The molecule has 1 aliphatic carbocycles. The zero-order valence-corrected chi connectivity index (χ0v) is 19.4. The molecule has 1 fully saturated rings. The van der Waals surface area contributed by atoms with Crippen molar-refractivity contribution in [1.82, 2.24) is 14.7 Å². The fourth-order valence-corrected chi connectivity index (χ4v) is 5.48. The number of ether oxygens (including phenoxy) is 1. The van der Waals surface area contributed by atoms with E-state index in [0.29, 0.717) is 35.1 Å². The molecule has 32 heavy (non-hydrogen) atoms. The van der Waals surface area contributed by atoms with Crippen molar-refractivity contribution in [3.63, 3.8) is 0 Å². The van der Waals surface area contributed by atoms with Crippen LogP contribution < -0.4 is 4.74 Å². The molecule has 0 bridgehead atoms. The molecule has 0 saturated carbocycles. The summed E-state index contributed by atoms with van der Waals surface area (Å²) in [6.45, 7) is 5.15. The van der Waals surface area contributed by atoms with Gasteiger partial charge in [0.1, 0.15) is 6.10 Å². The number of nitrogens with zero attached hydrogens (tertiary/aromatic N) is 3. The highest BCUT2D eigenvalue weighted by molar-refractivity contribution is 6.35. The van der Waals surface area contributed by atoms with Crippen molar-refractivity contribution in [1.29, 1.82) is 0 Å². The lowest BCUT2D eigenvalue weighted by molar-refractivity contribution is 0.0790. The second-order valence-corrected chi connectivity index (χ2v) is 9.50. The molecule has 0 amide bonds. The van der Waals surface area contributed by atoms with E-state index >= 15 is 4.39 Å². The van der Waals surface area contributed by atoms with Crippen LogP contribution >= 0.6 is 23.2 Å². The number of halogens is 3. The van der Waals surface area contributed by atoms with Crippen LogP contribution in [0.3, 0.4) is 0 Å². The Hall–Kier alpha value is -2.12. The molecule has 3 aromatic rings. The molecule has 3 atom stereocenters. The molecule has 1 aromatic heterocycles. The summed E-state index contributed by atoms with van der Waals surface area (Å²) in [6.07, 6.45) is 0.559. The average molecular weight is 476 g/mol. The van der Waals surface area contributed by atoms with Crippen LogP contribution in [0.4, 0.5) is 4.39 Å². The summed E-state index contributed by atoms with van der Waals surface area (Å²) in [5.74, 6) is -0.300. The molecular formula is C24H24Cl2FN3O2. The standard InChI is InChI=1S/C24H24Cl2FN3O2/c1-13-7-14(2)30(28-13)16-3-4-23(21(27)10-16)32-24-19-8-15(25)9-20(26)18(19)11-22(24)29-6-5-17(31)12-29/h3-4,7-10,17,22,24,31H,5-6,11-12H2,1-2H3/t17-,22+,24-/m1/s1. The van der Waals surface area contributed by atoms with Gasteiger partial charge in [0.25, 0.3) is 0 Å². The second kappa shape index (κ2) is 8.34. The molecule has 168 valence electrons. The Kier molecular flexibility index (Phi) is 5.66. The molecule has 2 aromatic carbocycles. The zero-order chi connectivity index (χ0) is 22.6. The number of aliphatic hydroxyl groups is 1. The highest BCUT2D eigenvalue weighted by Gasteiger charge is 2.42. The Labute approximate surface area is 196 Å². The van der Waals surface area contributed by atoms with Gasteiger partial charge >= 0.3 is 0 Å². The fourth-order valence-electron chi connectivity index (χ4n) is 4.89. The van der Waals surface area contributed by atoms with Crippen molar-refractivity contribution < 1.29 is 14.2 Å². The number of likely N-dealkylation sites (tertiary alicyclic amines) is 1. The molecule has 2 aliphatic rings. The number of benzene rings is 2. The molecule has 1 N–H and O–H groups in total. The number of hydrogen-bond donors (Lipinski definition) is 1. The summed E-state index contributed by atoms with van der Waals surface area (Å²) in [5, 5.41) is 15.6. The van der Waals surface area contributed by atoms with E-state index < -0.39 is 11.9 Å². The summed E-state index contributed by atoms with van der Waals surface area (Å²) < 4.78 is 23.2. The van der Waals surface area contributed by atoms with Gasteiger partial charge in [0, 0.05) is 40.5 Å². The molecule has 5 nitrogen and oxygen atoms in total. The van der Waals surface area contributed by atoms with E-state index in [1.54, 1.807) is 22.9 Å². The van der Waals surface area contributed by atoms with Gasteiger partial charge in [0.15, 0.2) is 11.6 Å². The third-order valence-electron chi connectivity index (χ3n) is 6.35. The van der Waals surface area contributed by atoms with E-state index in [9.17, 15) is 5.11 Å². The largest absolute Gasteiger partial charge is 0.481 e. The summed E-state index contributed by atoms with van der Waals surface area (Å²) in [4.78, 5) is 2.20. The van der Waals surface area contributed by atoms with Crippen molar-refractivity contribution in [3.05, 3.63) is 74.8 Å². The first-order valence-corrected chi connectivity index (χ1v) is 11.5. The number of aryl methyl sites for hydroxylation is 2. The van der Waals surface area contributed by atoms with Gasteiger partial charge in [0.2, 0.25) is 0 Å². The maximum atomic E-state index is 15.2. The predicted octanol–water partition coefficient (Wildman–Crippen LogP) is 5.05. The maximum Gasteiger partial charge on any atom is 0.167 e. The lowest BCUT2D eigenvalue weighted by atomic mass is 10.1. The van der Waals surface area contributed by atoms with Crippen molar-refractivity contribution in [2.24, 2.45) is 0 Å². The first-order valence-electron chi connectivity index (χ1n) is 10.7. The molecule has 8 heteroatoms. The molecule has 1 aliphatic heterocycles. The third kappa shape index (κ3) is 3.90. The minimum atomic E-state index is -0.461. The van der Waals surface area contributed by atoms with Crippen molar-refractivity contribution in [2.45, 2.75) is 44.9 Å². The smallest absolute Gasteiger partial charge is 0.167 e. The number of hydrogen-bond acceptors (Lipinski definition) is 4. The van der Waals surface area contributed by atoms with Crippen molar-refractivity contribution in [3.8, 4) is 11.4 Å². The molecule has 0 spiro atoms. The number of rotatable bonds is 4. The van der Waals surface area contributed by atoms with E-state index in [0.717, 1.165) is 29.1 Å². The van der Waals surface area contributed by atoms with Crippen LogP contribution in [0.25, 0.3) is 5.69 Å². The molecule has 0 unspecified atom stereocenters. The van der Waals surface area contributed by atoms with Gasteiger partial charge in [-0.1, -0.05) is 23.2 Å². The Morgan fingerprint density at radius 3 is 2.62 bits per heavy atom. The third-order valence-corrected chi connectivity index (χ3v) is 6.91. The molecular weight excluding hydrogens is 452 g/mol. The van der Waals surface area contributed by atoms with Gasteiger partial charge in [-0.25, -0.2) is 9.07 Å². The van der Waals surface area contributed by atoms with Gasteiger partial charge in [-0.05, 0) is 62.6 Å². The highest BCUT2D eigenvalue weighted by Crippen LogP contribution is 2.43. The maximum absolute atomic E-state index is 15.2. The van der Waals surface area contributed by atoms with Gasteiger partial charge in [-0.2, -0.15) is 5.10 Å². The van der Waals surface area contributed by atoms with Crippen LogP contribution in [0.5, 0.6) is 5.75 Å². The van der Waals surface area contributed by atoms with E-state index in [-0.39, 0.29) is 17.9 Å².